The highest BCUT2D eigenvalue weighted by atomic mass is 32.2. The van der Waals surface area contributed by atoms with Gasteiger partial charge in [0.15, 0.2) is 0 Å². The highest BCUT2D eigenvalue weighted by molar-refractivity contribution is 7.89. The SMILES string of the molecule is O=C(CNS(=O)(=O)c1ccc(OC(F)(F)F)cc1)N1CCCCCC1. The molecule has 0 saturated carbocycles. The van der Waals surface area contributed by atoms with Gasteiger partial charge in [0.2, 0.25) is 15.9 Å². The van der Waals surface area contributed by atoms with Gasteiger partial charge in [-0.05, 0) is 37.1 Å². The molecule has 10 heteroatoms. The van der Waals surface area contributed by atoms with Gasteiger partial charge in [-0.15, -0.1) is 13.2 Å². The summed E-state index contributed by atoms with van der Waals surface area (Å²) in [4.78, 5) is 13.5. The van der Waals surface area contributed by atoms with Crippen molar-refractivity contribution in [3.8, 4) is 5.75 Å². The molecule has 1 aromatic rings. The van der Waals surface area contributed by atoms with Crippen molar-refractivity contribution >= 4 is 15.9 Å². The van der Waals surface area contributed by atoms with Crippen molar-refractivity contribution in [3.63, 3.8) is 0 Å². The van der Waals surface area contributed by atoms with E-state index in [1.807, 2.05) is 0 Å². The van der Waals surface area contributed by atoms with Crippen LogP contribution in [0.15, 0.2) is 29.2 Å². The van der Waals surface area contributed by atoms with Gasteiger partial charge in [0.05, 0.1) is 11.4 Å². The maximum Gasteiger partial charge on any atom is 0.573 e. The van der Waals surface area contributed by atoms with Gasteiger partial charge in [0, 0.05) is 13.1 Å². The zero-order chi connectivity index (χ0) is 18.5. The van der Waals surface area contributed by atoms with E-state index < -0.39 is 22.1 Å². The molecule has 0 unspecified atom stereocenters. The molecule has 0 atom stereocenters. The first-order valence-electron chi connectivity index (χ1n) is 7.81. The molecule has 0 radical (unpaired) electrons. The van der Waals surface area contributed by atoms with Crippen LogP contribution in [-0.2, 0) is 14.8 Å². The number of nitrogens with one attached hydrogen (secondary N) is 1. The molecule has 1 aliphatic rings. The van der Waals surface area contributed by atoms with E-state index in [1.165, 1.54) is 0 Å². The molecule has 0 aliphatic carbocycles. The number of carbonyl (C=O) groups excluding carboxylic acids is 1. The third kappa shape index (κ3) is 6.20. The molecule has 0 aromatic heterocycles. The lowest BCUT2D eigenvalue weighted by molar-refractivity contribution is -0.274. The van der Waals surface area contributed by atoms with E-state index in [2.05, 4.69) is 9.46 Å². The number of benzene rings is 1. The highest BCUT2D eigenvalue weighted by Crippen LogP contribution is 2.23. The van der Waals surface area contributed by atoms with Gasteiger partial charge in [-0.3, -0.25) is 4.79 Å². The van der Waals surface area contributed by atoms with Gasteiger partial charge in [0.1, 0.15) is 5.75 Å². The lowest BCUT2D eigenvalue weighted by Gasteiger charge is -2.20. The van der Waals surface area contributed by atoms with E-state index in [-0.39, 0.29) is 17.3 Å². The van der Waals surface area contributed by atoms with Crippen LogP contribution in [0.3, 0.4) is 0 Å². The Balaban J connectivity index is 1.95. The second kappa shape index (κ2) is 8.05. The number of hydrogen-bond donors (Lipinski definition) is 1. The van der Waals surface area contributed by atoms with Crippen molar-refractivity contribution in [1.29, 1.82) is 0 Å². The second-order valence-corrected chi connectivity index (χ2v) is 7.41. The number of halogens is 3. The number of amides is 1. The molecule has 6 nitrogen and oxygen atoms in total. The Morgan fingerprint density at radius 2 is 1.64 bits per heavy atom. The Hall–Kier alpha value is -1.81. The molecule has 1 N–H and O–H groups in total. The Kier molecular flexibility index (Phi) is 6.28. The van der Waals surface area contributed by atoms with Crippen LogP contribution < -0.4 is 9.46 Å². The summed E-state index contributed by atoms with van der Waals surface area (Å²) in [5.74, 6) is -0.838. The first-order chi connectivity index (χ1) is 11.7. The minimum atomic E-state index is -4.85. The summed E-state index contributed by atoms with van der Waals surface area (Å²) >= 11 is 0. The third-order valence-electron chi connectivity index (χ3n) is 3.74. The minimum absolute atomic E-state index is 0.245. The van der Waals surface area contributed by atoms with Crippen LogP contribution in [-0.4, -0.2) is 45.2 Å². The largest absolute Gasteiger partial charge is 0.573 e. The predicted molar refractivity (Wildman–Crippen MR) is 83.4 cm³/mol. The maximum atomic E-state index is 12.1. The molecule has 0 bridgehead atoms. The van der Waals surface area contributed by atoms with Crippen molar-refractivity contribution in [3.05, 3.63) is 24.3 Å². The average Bonchev–Trinajstić information content (AvgIpc) is 2.81. The van der Waals surface area contributed by atoms with Gasteiger partial charge in [-0.2, -0.15) is 0 Å². The lowest BCUT2D eigenvalue weighted by Crippen LogP contribution is -2.40. The van der Waals surface area contributed by atoms with Crippen LogP contribution >= 0.6 is 0 Å². The van der Waals surface area contributed by atoms with E-state index in [9.17, 15) is 26.4 Å². The summed E-state index contributed by atoms with van der Waals surface area (Å²) in [6.45, 7) is 0.817. The molecule has 25 heavy (non-hydrogen) atoms. The number of hydrogen-bond acceptors (Lipinski definition) is 4. The van der Waals surface area contributed by atoms with Crippen LogP contribution in [0, 0.1) is 0 Å². The van der Waals surface area contributed by atoms with Crippen LogP contribution in [0.4, 0.5) is 13.2 Å². The monoisotopic (exact) mass is 380 g/mol. The predicted octanol–water partition coefficient (Wildman–Crippen LogP) is 2.27. The molecule has 1 fully saturated rings. The molecule has 0 spiro atoms. The van der Waals surface area contributed by atoms with Crippen molar-refractivity contribution in [2.45, 2.75) is 36.9 Å². The molecule has 1 saturated heterocycles. The van der Waals surface area contributed by atoms with Gasteiger partial charge in [0.25, 0.3) is 0 Å². The van der Waals surface area contributed by atoms with E-state index in [1.54, 1.807) is 4.90 Å². The molecule has 140 valence electrons. The Morgan fingerprint density at radius 1 is 1.08 bits per heavy atom. The fourth-order valence-electron chi connectivity index (χ4n) is 2.49. The molecule has 1 heterocycles. The second-order valence-electron chi connectivity index (χ2n) is 5.64. The molecular weight excluding hydrogens is 361 g/mol. The first-order valence-corrected chi connectivity index (χ1v) is 9.29. The smallest absolute Gasteiger partial charge is 0.406 e. The molecule has 1 aliphatic heterocycles. The number of likely N-dealkylation sites (tertiary alicyclic amines) is 1. The summed E-state index contributed by atoms with van der Waals surface area (Å²) in [5, 5.41) is 0. The summed E-state index contributed by atoms with van der Waals surface area (Å²) in [6, 6.07) is 3.77. The summed E-state index contributed by atoms with van der Waals surface area (Å²) in [6.07, 6.45) is -0.986. The van der Waals surface area contributed by atoms with Crippen LogP contribution in [0.1, 0.15) is 25.7 Å². The van der Waals surface area contributed by atoms with Crippen LogP contribution in [0.2, 0.25) is 0 Å². The normalized spacial score (nSPS) is 16.4. The summed E-state index contributed by atoms with van der Waals surface area (Å²) < 4.78 is 66.4. The number of sulfonamides is 1. The Labute approximate surface area is 144 Å². The van der Waals surface area contributed by atoms with E-state index in [0.717, 1.165) is 49.9 Å². The standard InChI is InChI=1S/C15H19F3N2O4S/c16-15(17,18)24-12-5-7-13(8-6-12)25(22,23)19-11-14(21)20-9-3-1-2-4-10-20/h5-8,19H,1-4,9-11H2. The van der Waals surface area contributed by atoms with Crippen LogP contribution in [0.5, 0.6) is 5.75 Å². The van der Waals surface area contributed by atoms with Crippen molar-refractivity contribution < 1.29 is 31.1 Å². The lowest BCUT2D eigenvalue weighted by atomic mass is 10.2. The molecule has 1 aromatic carbocycles. The fourth-order valence-corrected chi connectivity index (χ4v) is 3.47. The number of ether oxygens (including phenoxy) is 1. The highest BCUT2D eigenvalue weighted by Gasteiger charge is 2.31. The van der Waals surface area contributed by atoms with Crippen molar-refractivity contribution in [2.24, 2.45) is 0 Å². The van der Waals surface area contributed by atoms with Gasteiger partial charge < -0.3 is 9.64 Å². The minimum Gasteiger partial charge on any atom is -0.406 e. The van der Waals surface area contributed by atoms with Gasteiger partial charge in [-0.1, -0.05) is 12.8 Å². The first kappa shape index (κ1) is 19.5. The zero-order valence-corrected chi connectivity index (χ0v) is 14.2. The zero-order valence-electron chi connectivity index (χ0n) is 13.4. The maximum absolute atomic E-state index is 12.1. The topological polar surface area (TPSA) is 75.7 Å². The van der Waals surface area contributed by atoms with Gasteiger partial charge in [-0.25, -0.2) is 13.1 Å². The van der Waals surface area contributed by atoms with E-state index in [4.69, 9.17) is 0 Å². The fraction of sp³-hybridized carbons (Fsp3) is 0.533. The summed E-state index contributed by atoms with van der Waals surface area (Å²) in [5.41, 5.74) is 0. The number of rotatable bonds is 5. The van der Waals surface area contributed by atoms with Crippen molar-refractivity contribution in [2.75, 3.05) is 19.6 Å². The summed E-state index contributed by atoms with van der Waals surface area (Å²) in [7, 11) is -4.00. The molecular formula is C15H19F3N2O4S. The van der Waals surface area contributed by atoms with E-state index >= 15 is 0 Å². The van der Waals surface area contributed by atoms with Gasteiger partial charge >= 0.3 is 6.36 Å². The third-order valence-corrected chi connectivity index (χ3v) is 5.16. The Bertz CT molecular complexity index is 682. The number of nitrogens with zero attached hydrogens (tertiary/aromatic N) is 1. The average molecular weight is 380 g/mol. The molecule has 1 amide bonds. The van der Waals surface area contributed by atoms with Crippen LogP contribution in [0.25, 0.3) is 0 Å². The number of alkyl halides is 3. The van der Waals surface area contributed by atoms with Crippen molar-refractivity contribution in [1.82, 2.24) is 9.62 Å². The van der Waals surface area contributed by atoms with E-state index in [0.29, 0.717) is 13.1 Å². The molecule has 2 rings (SSSR count). The quantitative estimate of drug-likeness (QED) is 0.850. The number of carbonyl (C=O) groups is 1. The Morgan fingerprint density at radius 3 is 2.16 bits per heavy atom.